The van der Waals surface area contributed by atoms with E-state index in [1.54, 1.807) is 11.3 Å². The van der Waals surface area contributed by atoms with Gasteiger partial charge in [0.1, 0.15) is 0 Å². The van der Waals surface area contributed by atoms with Gasteiger partial charge < -0.3 is 11.1 Å². The van der Waals surface area contributed by atoms with Crippen LogP contribution in [-0.2, 0) is 4.79 Å². The van der Waals surface area contributed by atoms with Gasteiger partial charge in [0.05, 0.1) is 11.5 Å². The topological polar surface area (TPSA) is 55.1 Å². The first-order chi connectivity index (χ1) is 9.04. The molecule has 0 radical (unpaired) electrons. The van der Waals surface area contributed by atoms with Gasteiger partial charge >= 0.3 is 0 Å². The lowest BCUT2D eigenvalue weighted by Crippen LogP contribution is -2.44. The molecule has 3 nitrogen and oxygen atoms in total. The van der Waals surface area contributed by atoms with Gasteiger partial charge in [-0.1, -0.05) is 18.9 Å². The number of rotatable bonds is 5. The van der Waals surface area contributed by atoms with Crippen LogP contribution in [0, 0.1) is 11.3 Å². The van der Waals surface area contributed by atoms with Crippen molar-refractivity contribution < 1.29 is 4.79 Å². The first-order valence-electron chi connectivity index (χ1n) is 7.09. The van der Waals surface area contributed by atoms with Crippen LogP contribution >= 0.6 is 11.3 Å². The molecule has 0 saturated heterocycles. The normalized spacial score (nSPS) is 18.5. The minimum absolute atomic E-state index is 0.0697. The van der Waals surface area contributed by atoms with E-state index in [2.05, 4.69) is 22.8 Å². The van der Waals surface area contributed by atoms with Crippen LogP contribution < -0.4 is 11.1 Å². The van der Waals surface area contributed by atoms with Gasteiger partial charge in [-0.05, 0) is 44.1 Å². The van der Waals surface area contributed by atoms with E-state index in [1.165, 1.54) is 30.6 Å². The van der Waals surface area contributed by atoms with Crippen LogP contribution in [-0.4, -0.2) is 12.5 Å². The maximum absolute atomic E-state index is 12.4. The van der Waals surface area contributed by atoms with Gasteiger partial charge in [0.2, 0.25) is 5.91 Å². The Bertz CT molecular complexity index is 408. The van der Waals surface area contributed by atoms with Crippen molar-refractivity contribution in [1.29, 1.82) is 0 Å². The molecule has 0 aliphatic heterocycles. The van der Waals surface area contributed by atoms with E-state index >= 15 is 0 Å². The quantitative estimate of drug-likeness (QED) is 0.871. The molecule has 0 spiro atoms. The Morgan fingerprint density at radius 1 is 1.53 bits per heavy atom. The van der Waals surface area contributed by atoms with E-state index in [0.717, 1.165) is 0 Å². The monoisotopic (exact) mass is 280 g/mol. The molecule has 0 aromatic carbocycles. The summed E-state index contributed by atoms with van der Waals surface area (Å²) in [6.07, 6.45) is 4.99. The summed E-state index contributed by atoms with van der Waals surface area (Å²) < 4.78 is 0. The molecule has 1 aliphatic rings. The van der Waals surface area contributed by atoms with Gasteiger partial charge in [-0.15, -0.1) is 11.3 Å². The molecule has 0 bridgehead atoms. The Morgan fingerprint density at radius 2 is 2.21 bits per heavy atom. The first kappa shape index (κ1) is 14.5. The van der Waals surface area contributed by atoms with E-state index in [9.17, 15) is 4.79 Å². The van der Waals surface area contributed by atoms with Gasteiger partial charge in [-0.2, -0.15) is 0 Å². The summed E-state index contributed by atoms with van der Waals surface area (Å²) in [6.45, 7) is 4.19. The standard InChI is InChI=1S/C15H24N2OS/c1-15(2,10-16)14(18)17-13(11-6-3-4-7-11)12-8-5-9-19-12/h5,8-9,11,13H,3-4,6-7,10,16H2,1-2H3,(H,17,18). The summed E-state index contributed by atoms with van der Waals surface area (Å²) >= 11 is 1.73. The Morgan fingerprint density at radius 3 is 2.74 bits per heavy atom. The van der Waals surface area contributed by atoms with Gasteiger partial charge in [0.25, 0.3) is 0 Å². The van der Waals surface area contributed by atoms with Crippen molar-refractivity contribution in [2.24, 2.45) is 17.1 Å². The summed E-state index contributed by atoms with van der Waals surface area (Å²) in [6, 6.07) is 4.35. The molecule has 19 heavy (non-hydrogen) atoms. The van der Waals surface area contributed by atoms with Crippen molar-refractivity contribution in [3.05, 3.63) is 22.4 Å². The fourth-order valence-electron chi connectivity index (χ4n) is 2.61. The molecule has 1 amide bonds. The van der Waals surface area contributed by atoms with Crippen LogP contribution in [0.5, 0.6) is 0 Å². The van der Waals surface area contributed by atoms with Crippen LogP contribution in [0.3, 0.4) is 0 Å². The Kier molecular flexibility index (Phi) is 4.63. The second-order valence-corrected chi connectivity index (χ2v) is 7.08. The van der Waals surface area contributed by atoms with Crippen molar-refractivity contribution in [2.75, 3.05) is 6.54 Å². The fraction of sp³-hybridized carbons (Fsp3) is 0.667. The predicted octanol–water partition coefficient (Wildman–Crippen LogP) is 3.08. The minimum atomic E-state index is -0.492. The predicted molar refractivity (Wildman–Crippen MR) is 80.0 cm³/mol. The highest BCUT2D eigenvalue weighted by atomic mass is 32.1. The van der Waals surface area contributed by atoms with Gasteiger partial charge in [0.15, 0.2) is 0 Å². The number of nitrogens with one attached hydrogen (secondary N) is 1. The first-order valence-corrected chi connectivity index (χ1v) is 7.97. The van der Waals surface area contributed by atoms with Gasteiger partial charge in [-0.3, -0.25) is 4.79 Å². The van der Waals surface area contributed by atoms with E-state index in [4.69, 9.17) is 5.73 Å². The summed E-state index contributed by atoms with van der Waals surface area (Å²) in [4.78, 5) is 13.6. The van der Waals surface area contributed by atoms with Crippen molar-refractivity contribution in [3.63, 3.8) is 0 Å². The summed E-state index contributed by atoms with van der Waals surface area (Å²) in [5.74, 6) is 0.650. The molecular formula is C15H24N2OS. The lowest BCUT2D eigenvalue weighted by atomic mass is 9.90. The van der Waals surface area contributed by atoms with Crippen molar-refractivity contribution >= 4 is 17.2 Å². The van der Waals surface area contributed by atoms with E-state index in [1.807, 2.05) is 13.8 Å². The molecule has 1 fully saturated rings. The number of hydrogen-bond acceptors (Lipinski definition) is 3. The third-order valence-corrected chi connectivity index (χ3v) is 5.09. The molecule has 3 N–H and O–H groups in total. The molecule has 1 aromatic heterocycles. The van der Waals surface area contributed by atoms with Crippen LogP contribution in [0.25, 0.3) is 0 Å². The van der Waals surface area contributed by atoms with Crippen molar-refractivity contribution in [2.45, 2.75) is 45.6 Å². The van der Waals surface area contributed by atoms with E-state index < -0.39 is 5.41 Å². The molecule has 1 unspecified atom stereocenters. The zero-order chi connectivity index (χ0) is 13.9. The van der Waals surface area contributed by atoms with Gasteiger partial charge in [0, 0.05) is 11.4 Å². The zero-order valence-electron chi connectivity index (χ0n) is 11.8. The SMILES string of the molecule is CC(C)(CN)C(=O)NC(c1cccs1)C1CCCC1. The lowest BCUT2D eigenvalue weighted by Gasteiger charge is -2.29. The molecule has 1 aliphatic carbocycles. The average molecular weight is 280 g/mol. The lowest BCUT2D eigenvalue weighted by molar-refractivity contribution is -0.130. The third-order valence-electron chi connectivity index (χ3n) is 4.13. The van der Waals surface area contributed by atoms with E-state index in [-0.39, 0.29) is 11.9 Å². The van der Waals surface area contributed by atoms with Crippen LogP contribution in [0.2, 0.25) is 0 Å². The molecule has 1 atom stereocenters. The van der Waals surface area contributed by atoms with Gasteiger partial charge in [-0.25, -0.2) is 0 Å². The van der Waals surface area contributed by atoms with Crippen LogP contribution in [0.15, 0.2) is 17.5 Å². The smallest absolute Gasteiger partial charge is 0.227 e. The number of hydrogen-bond donors (Lipinski definition) is 2. The molecule has 1 aromatic rings. The minimum Gasteiger partial charge on any atom is -0.348 e. The Labute approximate surface area is 119 Å². The van der Waals surface area contributed by atoms with Crippen molar-refractivity contribution in [3.8, 4) is 0 Å². The average Bonchev–Trinajstić information content (AvgIpc) is 3.08. The number of carbonyl (C=O) groups excluding carboxylic acids is 1. The largest absolute Gasteiger partial charge is 0.348 e. The second-order valence-electron chi connectivity index (χ2n) is 6.10. The number of carbonyl (C=O) groups is 1. The Hall–Kier alpha value is -0.870. The number of thiophene rings is 1. The maximum Gasteiger partial charge on any atom is 0.227 e. The summed E-state index contributed by atoms with van der Waals surface area (Å²) in [5, 5.41) is 5.32. The van der Waals surface area contributed by atoms with Crippen molar-refractivity contribution in [1.82, 2.24) is 5.32 Å². The van der Waals surface area contributed by atoms with E-state index in [0.29, 0.717) is 12.5 Å². The van der Waals surface area contributed by atoms with Crippen LogP contribution in [0.4, 0.5) is 0 Å². The number of amides is 1. The summed E-state index contributed by atoms with van der Waals surface area (Å²) in [7, 11) is 0. The summed E-state index contributed by atoms with van der Waals surface area (Å²) in [5.41, 5.74) is 5.20. The highest BCUT2D eigenvalue weighted by molar-refractivity contribution is 7.10. The third kappa shape index (κ3) is 3.37. The molecule has 106 valence electrons. The molecular weight excluding hydrogens is 256 g/mol. The van der Waals surface area contributed by atoms with Crippen LogP contribution in [0.1, 0.15) is 50.4 Å². The molecule has 4 heteroatoms. The Balaban J connectivity index is 2.12. The number of nitrogens with two attached hydrogens (primary N) is 1. The molecule has 1 heterocycles. The maximum atomic E-state index is 12.4. The molecule has 1 saturated carbocycles. The molecule has 2 rings (SSSR count). The highest BCUT2D eigenvalue weighted by Gasteiger charge is 2.33. The second kappa shape index (κ2) is 6.06. The fourth-order valence-corrected chi connectivity index (χ4v) is 3.48. The highest BCUT2D eigenvalue weighted by Crippen LogP contribution is 2.37. The zero-order valence-corrected chi connectivity index (χ0v) is 12.6.